The molecule has 1 aromatic heterocycles. The van der Waals surface area contributed by atoms with Crippen LogP contribution in [0, 0.1) is 13.8 Å². The van der Waals surface area contributed by atoms with Gasteiger partial charge in [0.1, 0.15) is 0 Å². The van der Waals surface area contributed by atoms with Gasteiger partial charge in [0.25, 0.3) is 5.91 Å². The van der Waals surface area contributed by atoms with Crippen LogP contribution >= 0.6 is 15.9 Å². The highest BCUT2D eigenvalue weighted by Gasteiger charge is 2.31. The van der Waals surface area contributed by atoms with Crippen molar-refractivity contribution in [1.82, 2.24) is 13.8 Å². The van der Waals surface area contributed by atoms with Crippen LogP contribution in [0.1, 0.15) is 41.6 Å². The summed E-state index contributed by atoms with van der Waals surface area (Å²) in [5, 5.41) is 0. The molecule has 0 N–H and O–H groups in total. The Hall–Kier alpha value is -1.64. The quantitative estimate of drug-likeness (QED) is 0.689. The van der Waals surface area contributed by atoms with E-state index in [2.05, 4.69) is 34.3 Å². The van der Waals surface area contributed by atoms with E-state index in [9.17, 15) is 13.2 Å². The van der Waals surface area contributed by atoms with Gasteiger partial charge in [0, 0.05) is 48.1 Å². The summed E-state index contributed by atoms with van der Waals surface area (Å²) in [4.78, 5) is 15.0. The zero-order chi connectivity index (χ0) is 20.6. The average Bonchev–Trinajstić information content (AvgIpc) is 2.95. The van der Waals surface area contributed by atoms with Crippen LogP contribution in [-0.4, -0.2) is 54.3 Å². The first kappa shape index (κ1) is 21.1. The molecule has 0 spiro atoms. The first-order valence-electron chi connectivity index (χ1n) is 9.36. The van der Waals surface area contributed by atoms with Gasteiger partial charge in [-0.3, -0.25) is 4.79 Å². The molecule has 2 heterocycles. The van der Waals surface area contributed by atoms with Crippen LogP contribution in [0.4, 0.5) is 0 Å². The van der Waals surface area contributed by atoms with Crippen molar-refractivity contribution in [2.45, 2.75) is 38.6 Å². The molecule has 1 fully saturated rings. The second-order valence-electron chi connectivity index (χ2n) is 7.40. The summed E-state index contributed by atoms with van der Waals surface area (Å²) < 4.78 is 30.1. The Morgan fingerprint density at radius 2 is 1.71 bits per heavy atom. The number of halogens is 1. The summed E-state index contributed by atoms with van der Waals surface area (Å²) in [7, 11) is -3.56. The van der Waals surface area contributed by atoms with Gasteiger partial charge in [-0.05, 0) is 52.0 Å². The topological polar surface area (TPSA) is 62.6 Å². The maximum absolute atomic E-state index is 13.0. The summed E-state index contributed by atoms with van der Waals surface area (Å²) in [6, 6.07) is 8.92. The van der Waals surface area contributed by atoms with Crippen molar-refractivity contribution in [2.75, 3.05) is 26.2 Å². The van der Waals surface area contributed by atoms with Gasteiger partial charge in [-0.25, -0.2) is 8.42 Å². The standard InChI is InChI=1S/C20H26BrN3O3S/c1-14(2)24-15(3)12-19(16(24)4)20(25)22-8-10-23(11-9-22)28(26,27)18-7-5-6-17(21)13-18/h5-7,12-14H,8-11H2,1-4H3. The lowest BCUT2D eigenvalue weighted by Crippen LogP contribution is -2.50. The SMILES string of the molecule is Cc1cc(C(=O)N2CCN(S(=O)(=O)c3cccc(Br)c3)CC2)c(C)n1C(C)C. The molecule has 6 nitrogen and oxygen atoms in total. The molecule has 0 radical (unpaired) electrons. The Morgan fingerprint density at radius 3 is 2.25 bits per heavy atom. The van der Waals surface area contributed by atoms with E-state index in [1.54, 1.807) is 29.2 Å². The number of carbonyl (C=O) groups excluding carboxylic acids is 1. The normalized spacial score (nSPS) is 16.0. The van der Waals surface area contributed by atoms with Crippen molar-refractivity contribution in [1.29, 1.82) is 0 Å². The smallest absolute Gasteiger partial charge is 0.255 e. The average molecular weight is 468 g/mol. The highest BCUT2D eigenvalue weighted by molar-refractivity contribution is 9.10. The minimum absolute atomic E-state index is 0.0282. The third-order valence-corrected chi connectivity index (χ3v) is 7.58. The van der Waals surface area contributed by atoms with Crippen molar-refractivity contribution in [3.8, 4) is 0 Å². The number of aromatic nitrogens is 1. The number of carbonyl (C=O) groups is 1. The Morgan fingerprint density at radius 1 is 1.07 bits per heavy atom. The number of piperazine rings is 1. The highest BCUT2D eigenvalue weighted by atomic mass is 79.9. The van der Waals surface area contributed by atoms with Gasteiger partial charge in [-0.2, -0.15) is 4.31 Å². The largest absolute Gasteiger partial charge is 0.346 e. The number of rotatable bonds is 4. The predicted molar refractivity (Wildman–Crippen MR) is 113 cm³/mol. The summed E-state index contributed by atoms with van der Waals surface area (Å²) in [6.07, 6.45) is 0. The molecule has 3 rings (SSSR count). The Balaban J connectivity index is 1.74. The van der Waals surface area contributed by atoms with Gasteiger partial charge < -0.3 is 9.47 Å². The third-order valence-electron chi connectivity index (χ3n) is 5.19. The number of amides is 1. The second kappa shape index (κ2) is 8.00. The first-order chi connectivity index (χ1) is 13.1. The Labute approximate surface area is 175 Å². The highest BCUT2D eigenvalue weighted by Crippen LogP contribution is 2.24. The van der Waals surface area contributed by atoms with Gasteiger partial charge in [0.2, 0.25) is 10.0 Å². The maximum atomic E-state index is 13.0. The van der Waals surface area contributed by atoms with Crippen LogP contribution < -0.4 is 0 Å². The van der Waals surface area contributed by atoms with Crippen molar-refractivity contribution < 1.29 is 13.2 Å². The molecule has 2 aromatic rings. The lowest BCUT2D eigenvalue weighted by atomic mass is 10.2. The van der Waals surface area contributed by atoms with Gasteiger partial charge in [0.05, 0.1) is 10.5 Å². The molecule has 0 saturated carbocycles. The van der Waals surface area contributed by atoms with Gasteiger partial charge in [-0.15, -0.1) is 0 Å². The molecule has 0 aliphatic carbocycles. The fourth-order valence-electron chi connectivity index (χ4n) is 3.87. The van der Waals surface area contributed by atoms with Crippen molar-refractivity contribution in [2.24, 2.45) is 0 Å². The summed E-state index contributed by atoms with van der Waals surface area (Å²) in [5.74, 6) is -0.0282. The number of hydrogen-bond donors (Lipinski definition) is 0. The molecule has 0 bridgehead atoms. The molecule has 1 aliphatic rings. The van der Waals surface area contributed by atoms with E-state index in [0.717, 1.165) is 15.9 Å². The number of benzene rings is 1. The molecule has 0 unspecified atom stereocenters. The van der Waals surface area contributed by atoms with E-state index in [1.165, 1.54) is 4.31 Å². The fourth-order valence-corrected chi connectivity index (χ4v) is 5.89. The van der Waals surface area contributed by atoms with Crippen LogP contribution in [0.3, 0.4) is 0 Å². The first-order valence-corrected chi connectivity index (χ1v) is 11.6. The number of hydrogen-bond acceptors (Lipinski definition) is 3. The summed E-state index contributed by atoms with van der Waals surface area (Å²) in [5.41, 5.74) is 2.72. The zero-order valence-electron chi connectivity index (χ0n) is 16.6. The van der Waals surface area contributed by atoms with Gasteiger partial charge in [0.15, 0.2) is 0 Å². The summed E-state index contributed by atoms with van der Waals surface area (Å²) in [6.45, 7) is 9.53. The number of nitrogens with zero attached hydrogens (tertiary/aromatic N) is 3. The third kappa shape index (κ3) is 3.90. The van der Waals surface area contributed by atoms with E-state index < -0.39 is 10.0 Å². The molecule has 152 valence electrons. The van der Waals surface area contributed by atoms with Crippen molar-refractivity contribution in [3.05, 3.63) is 51.8 Å². The fraction of sp³-hybridized carbons (Fsp3) is 0.450. The Bertz CT molecular complexity index is 990. The van der Waals surface area contributed by atoms with Crippen molar-refractivity contribution >= 4 is 31.9 Å². The molecule has 8 heteroatoms. The van der Waals surface area contributed by atoms with Crippen LogP contribution in [-0.2, 0) is 10.0 Å². The molecule has 28 heavy (non-hydrogen) atoms. The van der Waals surface area contributed by atoms with E-state index in [-0.39, 0.29) is 16.8 Å². The van der Waals surface area contributed by atoms with Gasteiger partial charge in [-0.1, -0.05) is 22.0 Å². The molecule has 0 atom stereocenters. The monoisotopic (exact) mass is 467 g/mol. The van der Waals surface area contributed by atoms with Gasteiger partial charge >= 0.3 is 0 Å². The molecular weight excluding hydrogens is 442 g/mol. The molecule has 1 aliphatic heterocycles. The van der Waals surface area contributed by atoms with Crippen LogP contribution in [0.15, 0.2) is 39.7 Å². The van der Waals surface area contributed by atoms with Crippen molar-refractivity contribution in [3.63, 3.8) is 0 Å². The molecular formula is C20H26BrN3O3S. The second-order valence-corrected chi connectivity index (χ2v) is 10.3. The van der Waals surface area contributed by atoms with Crippen LogP contribution in [0.5, 0.6) is 0 Å². The number of sulfonamides is 1. The Kier molecular flexibility index (Phi) is 6.03. The minimum atomic E-state index is -3.56. The lowest BCUT2D eigenvalue weighted by Gasteiger charge is -2.34. The summed E-state index contributed by atoms with van der Waals surface area (Å²) >= 11 is 3.32. The van der Waals surface area contributed by atoms with E-state index in [4.69, 9.17) is 0 Å². The zero-order valence-corrected chi connectivity index (χ0v) is 19.0. The minimum Gasteiger partial charge on any atom is -0.346 e. The van der Waals surface area contributed by atoms with E-state index in [1.807, 2.05) is 19.9 Å². The molecule has 1 amide bonds. The van der Waals surface area contributed by atoms with Crippen LogP contribution in [0.2, 0.25) is 0 Å². The maximum Gasteiger partial charge on any atom is 0.255 e. The molecule has 1 aromatic carbocycles. The van der Waals surface area contributed by atoms with Crippen LogP contribution in [0.25, 0.3) is 0 Å². The van der Waals surface area contributed by atoms with E-state index >= 15 is 0 Å². The number of aryl methyl sites for hydroxylation is 1. The lowest BCUT2D eigenvalue weighted by molar-refractivity contribution is 0.0697. The molecule has 1 saturated heterocycles. The van der Waals surface area contributed by atoms with E-state index in [0.29, 0.717) is 31.7 Å². The predicted octanol–water partition coefficient (Wildman–Crippen LogP) is 3.60.